The van der Waals surface area contributed by atoms with Crippen molar-refractivity contribution in [1.82, 2.24) is 9.55 Å². The van der Waals surface area contributed by atoms with Crippen molar-refractivity contribution in [3.8, 4) is 5.69 Å². The van der Waals surface area contributed by atoms with E-state index in [-0.39, 0.29) is 16.5 Å². The molecule has 0 saturated heterocycles. The molecule has 0 fully saturated rings. The summed E-state index contributed by atoms with van der Waals surface area (Å²) < 4.78 is 28.3. The minimum atomic E-state index is -3.75. The number of carbonyl (C=O) groups excluding carboxylic acids is 1. The molecule has 0 saturated carbocycles. The summed E-state index contributed by atoms with van der Waals surface area (Å²) in [5.41, 5.74) is 1.81. The van der Waals surface area contributed by atoms with E-state index in [0.29, 0.717) is 22.6 Å². The average Bonchev–Trinajstić information content (AvgIpc) is 3.25. The quantitative estimate of drug-likeness (QED) is 0.472. The highest BCUT2D eigenvalue weighted by Gasteiger charge is 2.21. The van der Waals surface area contributed by atoms with Gasteiger partial charge in [-0.3, -0.25) is 13.7 Å². The van der Waals surface area contributed by atoms with Gasteiger partial charge < -0.3 is 10.3 Å². The normalized spacial score (nSPS) is 11.2. The minimum Gasteiger partial charge on any atom is -0.322 e. The number of nitrogens with zero attached hydrogens (tertiary/aromatic N) is 2. The lowest BCUT2D eigenvalue weighted by Crippen LogP contribution is -2.26. The van der Waals surface area contributed by atoms with E-state index in [4.69, 9.17) is 0 Å². The molecular weight excluding hydrogens is 428 g/mol. The number of H-pyrrole nitrogens is 1. The Morgan fingerprint density at radius 3 is 2.19 bits per heavy atom. The molecule has 1 aromatic heterocycles. The van der Waals surface area contributed by atoms with Crippen LogP contribution in [-0.4, -0.2) is 30.9 Å². The first-order valence-electron chi connectivity index (χ1n) is 9.68. The van der Waals surface area contributed by atoms with Crippen LogP contribution in [0.25, 0.3) is 5.69 Å². The zero-order chi connectivity index (χ0) is 22.7. The van der Waals surface area contributed by atoms with Gasteiger partial charge in [-0.25, -0.2) is 13.2 Å². The summed E-state index contributed by atoms with van der Waals surface area (Å²) in [5.74, 6) is -0.378. The van der Waals surface area contributed by atoms with E-state index in [9.17, 15) is 18.0 Å². The summed E-state index contributed by atoms with van der Waals surface area (Å²) in [4.78, 5) is 26.9. The van der Waals surface area contributed by atoms with Crippen LogP contribution in [-0.2, 0) is 10.0 Å². The summed E-state index contributed by atoms with van der Waals surface area (Å²) in [5, 5.41) is 2.76. The molecular formula is C23H20N4O4S. The van der Waals surface area contributed by atoms with Gasteiger partial charge in [-0.1, -0.05) is 18.2 Å². The second-order valence-corrected chi connectivity index (χ2v) is 8.94. The number of aromatic amines is 1. The van der Waals surface area contributed by atoms with Gasteiger partial charge in [-0.05, 0) is 60.7 Å². The predicted molar refractivity (Wildman–Crippen MR) is 123 cm³/mol. The summed E-state index contributed by atoms with van der Waals surface area (Å²) in [7, 11) is -2.27. The molecule has 0 aliphatic carbocycles. The van der Waals surface area contributed by atoms with Gasteiger partial charge in [0, 0.05) is 30.7 Å². The number of benzene rings is 3. The van der Waals surface area contributed by atoms with E-state index in [2.05, 4.69) is 10.3 Å². The standard InChI is InChI=1S/C23H20N4O4S/c1-26(19-5-3-2-4-6-19)32(30,31)21-13-7-17(8-14-21)22(28)25-18-9-11-20(12-10-18)27-16-15-24-23(27)29/h2-16H,1H3,(H,24,29)(H,25,28). The molecule has 2 N–H and O–H groups in total. The van der Waals surface area contributed by atoms with Gasteiger partial charge in [-0.2, -0.15) is 0 Å². The van der Waals surface area contributed by atoms with Crippen LogP contribution >= 0.6 is 0 Å². The molecule has 4 rings (SSSR count). The Hall–Kier alpha value is -4.11. The molecule has 1 amide bonds. The molecule has 0 bridgehead atoms. The van der Waals surface area contributed by atoms with Gasteiger partial charge in [0.15, 0.2) is 0 Å². The first-order valence-corrected chi connectivity index (χ1v) is 11.1. The van der Waals surface area contributed by atoms with Crippen molar-refractivity contribution in [2.45, 2.75) is 4.90 Å². The SMILES string of the molecule is CN(c1ccccc1)S(=O)(=O)c1ccc(C(=O)Nc2ccc(-n3cc[nH]c3=O)cc2)cc1. The van der Waals surface area contributed by atoms with Crippen molar-refractivity contribution in [2.75, 3.05) is 16.7 Å². The van der Waals surface area contributed by atoms with Gasteiger partial charge in [0.05, 0.1) is 16.3 Å². The fourth-order valence-electron chi connectivity index (χ4n) is 3.15. The molecule has 0 aliphatic heterocycles. The number of imidazole rings is 1. The first-order chi connectivity index (χ1) is 15.4. The molecule has 1 heterocycles. The van der Waals surface area contributed by atoms with E-state index >= 15 is 0 Å². The third-order valence-electron chi connectivity index (χ3n) is 4.95. The largest absolute Gasteiger partial charge is 0.330 e. The molecule has 0 radical (unpaired) electrons. The number of carbonyl (C=O) groups is 1. The lowest BCUT2D eigenvalue weighted by atomic mass is 10.2. The Kier molecular flexibility index (Phi) is 5.65. The monoisotopic (exact) mass is 448 g/mol. The summed E-state index contributed by atoms with van der Waals surface area (Å²) in [6, 6.07) is 21.3. The van der Waals surface area contributed by atoms with Gasteiger partial charge in [0.25, 0.3) is 15.9 Å². The van der Waals surface area contributed by atoms with Crippen LogP contribution in [0.1, 0.15) is 10.4 Å². The Balaban J connectivity index is 1.47. The molecule has 0 atom stereocenters. The molecule has 32 heavy (non-hydrogen) atoms. The zero-order valence-electron chi connectivity index (χ0n) is 17.1. The van der Waals surface area contributed by atoms with Crippen LogP contribution in [0.4, 0.5) is 11.4 Å². The molecule has 162 valence electrons. The van der Waals surface area contributed by atoms with Gasteiger partial charge in [0.2, 0.25) is 0 Å². The number of anilines is 2. The molecule has 3 aromatic carbocycles. The van der Waals surface area contributed by atoms with Crippen molar-refractivity contribution in [2.24, 2.45) is 0 Å². The number of para-hydroxylation sites is 1. The van der Waals surface area contributed by atoms with Crippen molar-refractivity contribution in [3.63, 3.8) is 0 Å². The fourth-order valence-corrected chi connectivity index (χ4v) is 4.34. The summed E-state index contributed by atoms with van der Waals surface area (Å²) in [6.45, 7) is 0. The van der Waals surface area contributed by atoms with Crippen LogP contribution in [0.2, 0.25) is 0 Å². The molecule has 9 heteroatoms. The highest BCUT2D eigenvalue weighted by atomic mass is 32.2. The highest BCUT2D eigenvalue weighted by molar-refractivity contribution is 7.92. The smallest absolute Gasteiger partial charge is 0.322 e. The minimum absolute atomic E-state index is 0.0849. The zero-order valence-corrected chi connectivity index (χ0v) is 17.9. The molecule has 0 spiro atoms. The third kappa shape index (κ3) is 4.19. The Bertz CT molecular complexity index is 1390. The topological polar surface area (TPSA) is 104 Å². The summed E-state index contributed by atoms with van der Waals surface area (Å²) >= 11 is 0. The Labute approximate surface area is 184 Å². The maximum atomic E-state index is 12.9. The Morgan fingerprint density at radius 1 is 0.938 bits per heavy atom. The van der Waals surface area contributed by atoms with Crippen molar-refractivity contribution < 1.29 is 13.2 Å². The molecule has 8 nitrogen and oxygen atoms in total. The van der Waals surface area contributed by atoms with Crippen LogP contribution in [0.3, 0.4) is 0 Å². The second kappa shape index (κ2) is 8.56. The maximum Gasteiger partial charge on any atom is 0.330 e. The van der Waals surface area contributed by atoms with Gasteiger partial charge >= 0.3 is 5.69 Å². The second-order valence-electron chi connectivity index (χ2n) is 6.97. The van der Waals surface area contributed by atoms with E-state index in [1.807, 2.05) is 6.07 Å². The van der Waals surface area contributed by atoms with Crippen LogP contribution < -0.4 is 15.3 Å². The van der Waals surface area contributed by atoms with Crippen LogP contribution in [0.5, 0.6) is 0 Å². The number of nitrogens with one attached hydrogen (secondary N) is 2. The molecule has 0 aliphatic rings. The fraction of sp³-hybridized carbons (Fsp3) is 0.0435. The molecule has 4 aromatic rings. The van der Waals surface area contributed by atoms with Crippen LogP contribution in [0, 0.1) is 0 Å². The third-order valence-corrected chi connectivity index (χ3v) is 6.75. The highest BCUT2D eigenvalue weighted by Crippen LogP contribution is 2.22. The number of aromatic nitrogens is 2. The number of hydrogen-bond donors (Lipinski definition) is 2. The average molecular weight is 449 g/mol. The lowest BCUT2D eigenvalue weighted by Gasteiger charge is -2.19. The van der Waals surface area contributed by atoms with E-state index in [1.165, 1.54) is 40.2 Å². The van der Waals surface area contributed by atoms with Crippen molar-refractivity contribution >= 4 is 27.3 Å². The van der Waals surface area contributed by atoms with Crippen molar-refractivity contribution in [3.05, 3.63) is 107 Å². The maximum absolute atomic E-state index is 12.9. The number of sulfonamides is 1. The van der Waals surface area contributed by atoms with E-state index in [1.54, 1.807) is 60.9 Å². The number of rotatable bonds is 6. The number of hydrogen-bond acceptors (Lipinski definition) is 4. The number of amides is 1. The van der Waals surface area contributed by atoms with Crippen LogP contribution in [0.15, 0.2) is 101 Å². The molecule has 0 unspecified atom stereocenters. The van der Waals surface area contributed by atoms with Gasteiger partial charge in [0.1, 0.15) is 0 Å². The van der Waals surface area contributed by atoms with Crippen molar-refractivity contribution in [1.29, 1.82) is 0 Å². The van der Waals surface area contributed by atoms with Gasteiger partial charge in [-0.15, -0.1) is 0 Å². The Morgan fingerprint density at radius 2 is 1.59 bits per heavy atom. The lowest BCUT2D eigenvalue weighted by molar-refractivity contribution is 0.102. The van der Waals surface area contributed by atoms with E-state index < -0.39 is 10.0 Å². The first kappa shape index (κ1) is 21.1. The summed E-state index contributed by atoms with van der Waals surface area (Å²) in [6.07, 6.45) is 3.15. The predicted octanol–water partition coefficient (Wildman–Crippen LogP) is 3.24. The van der Waals surface area contributed by atoms with E-state index in [0.717, 1.165) is 0 Å².